The molecule has 184 valence electrons. The zero-order valence-corrected chi connectivity index (χ0v) is 20.9. The van der Waals surface area contributed by atoms with E-state index >= 15 is 0 Å². The first-order valence-electron chi connectivity index (χ1n) is 13.5. The zero-order chi connectivity index (χ0) is 24.0. The number of carboxylic acid groups (broad SMARTS) is 1. The van der Waals surface area contributed by atoms with Gasteiger partial charge in [-0.05, 0) is 74.3 Å². The second kappa shape index (κ2) is 14.7. The van der Waals surface area contributed by atoms with Crippen LogP contribution in [0.1, 0.15) is 107 Å². The largest absolute Gasteiger partial charge is 0.478 e. The highest BCUT2D eigenvalue weighted by molar-refractivity contribution is 5.79. The smallest absolute Gasteiger partial charge is 0.327 e. The Hall–Kier alpha value is -2.49. The Morgan fingerprint density at radius 2 is 1.65 bits per heavy atom. The number of nitrogens with zero attached hydrogens (tertiary/aromatic N) is 2. The van der Waals surface area contributed by atoms with Gasteiger partial charge >= 0.3 is 5.97 Å². The van der Waals surface area contributed by atoms with Crippen LogP contribution in [-0.2, 0) is 11.2 Å². The van der Waals surface area contributed by atoms with Crippen LogP contribution in [0.15, 0.2) is 48.8 Å². The standard InChI is InChI=1S/C30H42N2O2/c1-2-3-8-12-25-22-31-30(32-23-25)28-20-18-27(19-21-28)26-16-14-24(15-17-26)11-9-6-4-5-7-10-13-29(33)34/h10,13,18-24,26H,2-9,11-12,14-17H2,1H3,(H,33,34)/b13-10+/t24-,26-. The van der Waals surface area contributed by atoms with Gasteiger partial charge in [-0.3, -0.25) is 0 Å². The molecule has 0 aliphatic heterocycles. The van der Waals surface area contributed by atoms with E-state index in [1.54, 1.807) is 6.08 Å². The molecule has 2 aromatic rings. The maximum Gasteiger partial charge on any atom is 0.327 e. The molecule has 1 heterocycles. The number of unbranched alkanes of at least 4 members (excludes halogenated alkanes) is 6. The van der Waals surface area contributed by atoms with E-state index in [1.165, 1.54) is 87.8 Å². The molecular formula is C30H42N2O2. The molecule has 1 saturated carbocycles. The summed E-state index contributed by atoms with van der Waals surface area (Å²) < 4.78 is 0. The van der Waals surface area contributed by atoms with Crippen molar-refractivity contribution in [2.75, 3.05) is 0 Å². The summed E-state index contributed by atoms with van der Waals surface area (Å²) in [5.74, 6) is 1.55. The normalized spacial score (nSPS) is 18.4. The number of benzene rings is 1. The van der Waals surface area contributed by atoms with Crippen LogP contribution in [0.4, 0.5) is 0 Å². The number of aryl methyl sites for hydroxylation is 1. The number of carboxylic acids is 1. The number of rotatable bonds is 14. The Bertz CT molecular complexity index is 866. The first-order chi connectivity index (χ1) is 16.7. The van der Waals surface area contributed by atoms with Gasteiger partial charge in [0.1, 0.15) is 0 Å². The van der Waals surface area contributed by atoms with Crippen molar-refractivity contribution in [3.8, 4) is 11.4 Å². The summed E-state index contributed by atoms with van der Waals surface area (Å²) in [7, 11) is 0. The number of hydrogen-bond acceptors (Lipinski definition) is 3. The molecule has 0 unspecified atom stereocenters. The average molecular weight is 463 g/mol. The zero-order valence-electron chi connectivity index (χ0n) is 20.9. The van der Waals surface area contributed by atoms with Gasteiger partial charge in [0, 0.05) is 24.0 Å². The van der Waals surface area contributed by atoms with Crippen molar-refractivity contribution in [1.82, 2.24) is 9.97 Å². The van der Waals surface area contributed by atoms with E-state index in [0.717, 1.165) is 36.6 Å². The van der Waals surface area contributed by atoms with Crippen molar-refractivity contribution in [2.24, 2.45) is 5.92 Å². The van der Waals surface area contributed by atoms with E-state index in [-0.39, 0.29) is 0 Å². The van der Waals surface area contributed by atoms with Gasteiger partial charge in [0.2, 0.25) is 0 Å². The highest BCUT2D eigenvalue weighted by Gasteiger charge is 2.22. The molecule has 4 heteroatoms. The summed E-state index contributed by atoms with van der Waals surface area (Å²) in [6.45, 7) is 2.23. The monoisotopic (exact) mass is 462 g/mol. The van der Waals surface area contributed by atoms with E-state index in [0.29, 0.717) is 5.92 Å². The molecule has 1 aromatic carbocycles. The molecule has 0 spiro atoms. The molecule has 1 fully saturated rings. The Morgan fingerprint density at radius 1 is 0.941 bits per heavy atom. The molecule has 4 nitrogen and oxygen atoms in total. The van der Waals surface area contributed by atoms with Crippen LogP contribution in [0.2, 0.25) is 0 Å². The number of aliphatic carboxylic acids is 1. The highest BCUT2D eigenvalue weighted by Crippen LogP contribution is 2.38. The maximum absolute atomic E-state index is 10.4. The third kappa shape index (κ3) is 9.04. The van der Waals surface area contributed by atoms with Gasteiger partial charge in [0.25, 0.3) is 0 Å². The Labute approximate surface area is 205 Å². The highest BCUT2D eigenvalue weighted by atomic mass is 16.4. The minimum absolute atomic E-state index is 0.688. The number of allylic oxidation sites excluding steroid dienone is 1. The van der Waals surface area contributed by atoms with Crippen LogP contribution >= 0.6 is 0 Å². The molecule has 0 bridgehead atoms. The van der Waals surface area contributed by atoms with E-state index in [9.17, 15) is 4.79 Å². The van der Waals surface area contributed by atoms with Crippen LogP contribution in [-0.4, -0.2) is 21.0 Å². The predicted octanol–water partition coefficient (Wildman–Crippen LogP) is 8.13. The lowest BCUT2D eigenvalue weighted by Crippen LogP contribution is -2.13. The van der Waals surface area contributed by atoms with Gasteiger partial charge < -0.3 is 5.11 Å². The van der Waals surface area contributed by atoms with E-state index < -0.39 is 5.97 Å². The maximum atomic E-state index is 10.4. The fraction of sp³-hybridized carbons (Fsp3) is 0.567. The number of aromatic nitrogens is 2. The Balaban J connectivity index is 1.35. The second-order valence-corrected chi connectivity index (χ2v) is 9.94. The summed E-state index contributed by atoms with van der Waals surface area (Å²) in [5, 5.41) is 8.59. The summed E-state index contributed by atoms with van der Waals surface area (Å²) in [4.78, 5) is 19.7. The Kier molecular flexibility index (Phi) is 11.3. The number of hydrogen-bond donors (Lipinski definition) is 1. The third-order valence-corrected chi connectivity index (χ3v) is 7.25. The predicted molar refractivity (Wildman–Crippen MR) is 140 cm³/mol. The molecule has 1 aliphatic rings. The lowest BCUT2D eigenvalue weighted by molar-refractivity contribution is -0.131. The van der Waals surface area contributed by atoms with Crippen molar-refractivity contribution in [3.63, 3.8) is 0 Å². The van der Waals surface area contributed by atoms with Crippen LogP contribution in [0, 0.1) is 5.92 Å². The van der Waals surface area contributed by atoms with Crippen molar-refractivity contribution in [3.05, 3.63) is 59.9 Å². The van der Waals surface area contributed by atoms with Gasteiger partial charge in [0.15, 0.2) is 5.82 Å². The summed E-state index contributed by atoms with van der Waals surface area (Å²) in [6.07, 6.45) is 24.2. The first-order valence-corrected chi connectivity index (χ1v) is 13.5. The van der Waals surface area contributed by atoms with Crippen molar-refractivity contribution in [2.45, 2.75) is 103 Å². The van der Waals surface area contributed by atoms with Gasteiger partial charge in [-0.2, -0.15) is 0 Å². The van der Waals surface area contributed by atoms with Gasteiger partial charge in [-0.1, -0.05) is 75.8 Å². The van der Waals surface area contributed by atoms with Gasteiger partial charge in [-0.15, -0.1) is 0 Å². The van der Waals surface area contributed by atoms with Crippen LogP contribution in [0.25, 0.3) is 11.4 Å². The molecule has 0 radical (unpaired) electrons. The van der Waals surface area contributed by atoms with E-state index in [4.69, 9.17) is 5.11 Å². The second-order valence-electron chi connectivity index (χ2n) is 9.94. The molecule has 0 amide bonds. The fourth-order valence-corrected chi connectivity index (χ4v) is 5.13. The van der Waals surface area contributed by atoms with Gasteiger partial charge in [0.05, 0.1) is 0 Å². The third-order valence-electron chi connectivity index (χ3n) is 7.25. The van der Waals surface area contributed by atoms with Crippen LogP contribution < -0.4 is 0 Å². The Morgan fingerprint density at radius 3 is 2.32 bits per heavy atom. The summed E-state index contributed by atoms with van der Waals surface area (Å²) >= 11 is 0. The molecule has 3 rings (SSSR count). The molecule has 1 aliphatic carbocycles. The minimum Gasteiger partial charge on any atom is -0.478 e. The van der Waals surface area contributed by atoms with Crippen LogP contribution in [0.3, 0.4) is 0 Å². The van der Waals surface area contributed by atoms with Crippen molar-refractivity contribution < 1.29 is 9.90 Å². The van der Waals surface area contributed by atoms with Crippen LogP contribution in [0.5, 0.6) is 0 Å². The minimum atomic E-state index is -0.844. The molecule has 34 heavy (non-hydrogen) atoms. The average Bonchev–Trinajstić information content (AvgIpc) is 2.86. The molecular weight excluding hydrogens is 420 g/mol. The fourth-order valence-electron chi connectivity index (χ4n) is 5.13. The lowest BCUT2D eigenvalue weighted by Gasteiger charge is -2.29. The van der Waals surface area contributed by atoms with Crippen molar-refractivity contribution >= 4 is 5.97 Å². The quantitative estimate of drug-likeness (QED) is 0.227. The topological polar surface area (TPSA) is 63.1 Å². The number of carbonyl (C=O) groups is 1. The van der Waals surface area contributed by atoms with E-state index in [1.807, 2.05) is 12.4 Å². The van der Waals surface area contributed by atoms with Crippen molar-refractivity contribution in [1.29, 1.82) is 0 Å². The lowest BCUT2D eigenvalue weighted by atomic mass is 9.77. The summed E-state index contributed by atoms with van der Waals surface area (Å²) in [5.41, 5.74) is 3.81. The van der Waals surface area contributed by atoms with E-state index in [2.05, 4.69) is 41.2 Å². The molecule has 0 atom stereocenters. The molecule has 1 N–H and O–H groups in total. The van der Waals surface area contributed by atoms with Gasteiger partial charge in [-0.25, -0.2) is 14.8 Å². The summed E-state index contributed by atoms with van der Waals surface area (Å²) in [6, 6.07) is 8.97. The SMILES string of the molecule is CCCCCc1cnc(-c2ccc([C@H]3CC[C@H](CCCCCC/C=C/C(=O)O)CC3)cc2)nc1. The first kappa shape index (κ1) is 26.1. The molecule has 1 aromatic heterocycles. The molecule has 0 saturated heterocycles.